The van der Waals surface area contributed by atoms with Crippen LogP contribution in [-0.2, 0) is 7.05 Å². The molecule has 29 heavy (non-hydrogen) atoms. The first-order chi connectivity index (χ1) is 14.2. The van der Waals surface area contributed by atoms with Crippen LogP contribution in [0.3, 0.4) is 0 Å². The van der Waals surface area contributed by atoms with Crippen LogP contribution in [0.25, 0.3) is 21.8 Å². The van der Waals surface area contributed by atoms with E-state index in [0.29, 0.717) is 12.1 Å². The lowest BCUT2D eigenvalue weighted by molar-refractivity contribution is 0.194. The van der Waals surface area contributed by atoms with E-state index in [4.69, 9.17) is 0 Å². The van der Waals surface area contributed by atoms with Crippen LogP contribution in [0.4, 0.5) is 0 Å². The Morgan fingerprint density at radius 1 is 1.21 bits per heavy atom. The standard InChI is InChI=1S/C24H28N4S/c1-17-6-5-13-28(17)24(21-16-27(2)23-8-4-3-7-20(21)23)15-26-29-19-10-9-18-11-12-25-22(18)14-19/h3-4,7-12,14,16-17,24-26H,5-6,13,15H2,1-2H3. The maximum atomic E-state index is 3.68. The van der Waals surface area contributed by atoms with Crippen molar-refractivity contribution in [2.24, 2.45) is 7.05 Å². The molecule has 2 atom stereocenters. The van der Waals surface area contributed by atoms with Crippen molar-refractivity contribution in [2.45, 2.75) is 36.7 Å². The number of nitrogens with one attached hydrogen (secondary N) is 2. The van der Waals surface area contributed by atoms with Crippen molar-refractivity contribution in [3.05, 3.63) is 66.5 Å². The molecule has 2 N–H and O–H groups in total. The topological polar surface area (TPSA) is 36.0 Å². The average Bonchev–Trinajstić information content (AvgIpc) is 3.45. The molecule has 4 nitrogen and oxygen atoms in total. The molecule has 3 heterocycles. The summed E-state index contributed by atoms with van der Waals surface area (Å²) in [6.07, 6.45) is 6.91. The third-order valence-corrected chi connectivity index (χ3v) is 7.09. The molecular weight excluding hydrogens is 376 g/mol. The van der Waals surface area contributed by atoms with Gasteiger partial charge in [-0.3, -0.25) is 9.62 Å². The third-order valence-electron chi connectivity index (χ3n) is 6.28. The third kappa shape index (κ3) is 3.59. The largest absolute Gasteiger partial charge is 0.361 e. The van der Waals surface area contributed by atoms with Crippen molar-refractivity contribution >= 4 is 33.8 Å². The predicted molar refractivity (Wildman–Crippen MR) is 123 cm³/mol. The van der Waals surface area contributed by atoms with Crippen LogP contribution < -0.4 is 4.72 Å². The second kappa shape index (κ2) is 7.90. The van der Waals surface area contributed by atoms with E-state index in [1.165, 1.54) is 51.7 Å². The number of aryl methyl sites for hydroxylation is 1. The molecule has 0 amide bonds. The lowest BCUT2D eigenvalue weighted by atomic mass is 10.0. The van der Waals surface area contributed by atoms with Crippen molar-refractivity contribution in [1.29, 1.82) is 0 Å². The second-order valence-electron chi connectivity index (χ2n) is 8.13. The number of hydrogen-bond acceptors (Lipinski definition) is 3. The highest BCUT2D eigenvalue weighted by atomic mass is 32.2. The van der Waals surface area contributed by atoms with E-state index in [0.717, 1.165) is 6.54 Å². The Bertz CT molecular complexity index is 1130. The second-order valence-corrected chi connectivity index (χ2v) is 9.10. The van der Waals surface area contributed by atoms with Crippen LogP contribution in [0.5, 0.6) is 0 Å². The monoisotopic (exact) mass is 404 g/mol. The van der Waals surface area contributed by atoms with E-state index < -0.39 is 0 Å². The summed E-state index contributed by atoms with van der Waals surface area (Å²) in [5.74, 6) is 0. The lowest BCUT2D eigenvalue weighted by Crippen LogP contribution is -2.36. The number of H-pyrrole nitrogens is 1. The number of likely N-dealkylation sites (tertiary alicyclic amines) is 1. The molecule has 5 rings (SSSR count). The van der Waals surface area contributed by atoms with Crippen LogP contribution >= 0.6 is 11.9 Å². The summed E-state index contributed by atoms with van der Waals surface area (Å²) >= 11 is 1.73. The Morgan fingerprint density at radius 3 is 2.97 bits per heavy atom. The van der Waals surface area contributed by atoms with Crippen LogP contribution in [-0.4, -0.2) is 33.6 Å². The van der Waals surface area contributed by atoms with E-state index in [9.17, 15) is 0 Å². The number of benzene rings is 2. The first kappa shape index (κ1) is 18.8. The molecule has 0 saturated carbocycles. The van der Waals surface area contributed by atoms with Crippen molar-refractivity contribution in [3.8, 4) is 0 Å². The minimum absolute atomic E-state index is 0.375. The number of para-hydroxylation sites is 1. The number of nitrogens with zero attached hydrogens (tertiary/aromatic N) is 2. The molecule has 2 aromatic heterocycles. The summed E-state index contributed by atoms with van der Waals surface area (Å²) in [6.45, 7) is 4.47. The number of fused-ring (bicyclic) bond motifs is 2. The number of aromatic amines is 1. The van der Waals surface area contributed by atoms with Gasteiger partial charge in [0, 0.05) is 53.3 Å². The Labute approximate surface area is 176 Å². The fraction of sp³-hybridized carbons (Fsp3) is 0.333. The van der Waals surface area contributed by atoms with Gasteiger partial charge < -0.3 is 9.55 Å². The predicted octanol–water partition coefficient (Wildman–Crippen LogP) is 5.48. The van der Waals surface area contributed by atoms with Crippen molar-refractivity contribution < 1.29 is 0 Å². The zero-order valence-electron chi connectivity index (χ0n) is 17.1. The van der Waals surface area contributed by atoms with Gasteiger partial charge >= 0.3 is 0 Å². The van der Waals surface area contributed by atoms with Gasteiger partial charge in [-0.2, -0.15) is 0 Å². The molecule has 1 aliphatic heterocycles. The van der Waals surface area contributed by atoms with Gasteiger partial charge in [-0.25, -0.2) is 0 Å². The van der Waals surface area contributed by atoms with Crippen molar-refractivity contribution in [3.63, 3.8) is 0 Å². The number of hydrogen-bond donors (Lipinski definition) is 2. The van der Waals surface area contributed by atoms with Crippen LogP contribution in [0.2, 0.25) is 0 Å². The molecular formula is C24H28N4S. The SMILES string of the molecule is CC1CCCN1C(CNSc1ccc2cc[nH]c2c1)c1cn(C)c2ccccc12. The molecule has 1 fully saturated rings. The molecule has 2 unspecified atom stereocenters. The van der Waals surface area contributed by atoms with Gasteiger partial charge in [-0.05, 0) is 73.5 Å². The average molecular weight is 405 g/mol. The Kier molecular flexibility index (Phi) is 5.12. The molecule has 0 aliphatic carbocycles. The molecule has 150 valence electrons. The maximum Gasteiger partial charge on any atom is 0.0506 e. The van der Waals surface area contributed by atoms with Gasteiger partial charge in [-0.15, -0.1) is 0 Å². The Balaban J connectivity index is 1.40. The molecule has 2 aromatic carbocycles. The summed E-state index contributed by atoms with van der Waals surface area (Å²) < 4.78 is 5.95. The smallest absolute Gasteiger partial charge is 0.0506 e. The summed E-state index contributed by atoms with van der Waals surface area (Å²) in [4.78, 5) is 7.23. The first-order valence-corrected chi connectivity index (χ1v) is 11.3. The highest BCUT2D eigenvalue weighted by Crippen LogP contribution is 2.34. The van der Waals surface area contributed by atoms with Gasteiger partial charge in [0.1, 0.15) is 0 Å². The van der Waals surface area contributed by atoms with E-state index >= 15 is 0 Å². The quantitative estimate of drug-likeness (QED) is 0.418. The van der Waals surface area contributed by atoms with E-state index in [1.54, 1.807) is 11.9 Å². The molecule has 4 aromatic rings. The van der Waals surface area contributed by atoms with E-state index in [2.05, 4.69) is 87.9 Å². The molecule has 5 heteroatoms. The minimum atomic E-state index is 0.375. The van der Waals surface area contributed by atoms with Gasteiger partial charge in [-0.1, -0.05) is 24.3 Å². The number of aromatic nitrogens is 2. The maximum absolute atomic E-state index is 3.68. The van der Waals surface area contributed by atoms with Crippen molar-refractivity contribution in [1.82, 2.24) is 19.2 Å². The summed E-state index contributed by atoms with van der Waals surface area (Å²) in [5.41, 5.74) is 3.93. The fourth-order valence-corrected chi connectivity index (χ4v) is 5.48. The van der Waals surface area contributed by atoms with Gasteiger partial charge in [0.15, 0.2) is 0 Å². The summed E-state index contributed by atoms with van der Waals surface area (Å²) in [6, 6.07) is 18.5. The van der Waals surface area contributed by atoms with Crippen LogP contribution in [0, 0.1) is 0 Å². The fourth-order valence-electron chi connectivity index (χ4n) is 4.76. The zero-order chi connectivity index (χ0) is 19.8. The molecule has 0 spiro atoms. The van der Waals surface area contributed by atoms with Gasteiger partial charge in [0.2, 0.25) is 0 Å². The summed E-state index contributed by atoms with van der Waals surface area (Å²) in [5, 5.41) is 2.63. The number of rotatable bonds is 6. The normalized spacial score (nSPS) is 18.8. The van der Waals surface area contributed by atoms with Gasteiger partial charge in [0.25, 0.3) is 0 Å². The van der Waals surface area contributed by atoms with Gasteiger partial charge in [0.05, 0.1) is 6.04 Å². The molecule has 1 aliphatic rings. The van der Waals surface area contributed by atoms with E-state index in [-0.39, 0.29) is 0 Å². The molecule has 0 bridgehead atoms. The molecule has 1 saturated heterocycles. The van der Waals surface area contributed by atoms with Crippen LogP contribution in [0.1, 0.15) is 31.4 Å². The molecule has 0 radical (unpaired) electrons. The summed E-state index contributed by atoms with van der Waals surface area (Å²) in [7, 11) is 2.16. The van der Waals surface area contributed by atoms with Crippen molar-refractivity contribution in [2.75, 3.05) is 13.1 Å². The first-order valence-electron chi connectivity index (χ1n) is 10.5. The Morgan fingerprint density at radius 2 is 2.10 bits per heavy atom. The zero-order valence-corrected chi connectivity index (χ0v) is 17.9. The minimum Gasteiger partial charge on any atom is -0.361 e. The van der Waals surface area contributed by atoms with E-state index in [1.807, 2.05) is 6.20 Å². The highest BCUT2D eigenvalue weighted by Gasteiger charge is 2.30. The highest BCUT2D eigenvalue weighted by molar-refractivity contribution is 7.97. The Hall–Kier alpha value is -2.21. The lowest BCUT2D eigenvalue weighted by Gasteiger charge is -2.31. The van der Waals surface area contributed by atoms with Crippen LogP contribution in [0.15, 0.2) is 65.8 Å².